The van der Waals surface area contributed by atoms with E-state index in [2.05, 4.69) is 17.0 Å². The fourth-order valence-corrected chi connectivity index (χ4v) is 6.46. The second kappa shape index (κ2) is 7.42. The Labute approximate surface area is 171 Å². The van der Waals surface area contributed by atoms with Gasteiger partial charge in [-0.15, -0.1) is 0 Å². The van der Waals surface area contributed by atoms with E-state index in [1.54, 1.807) is 33.4 Å². The Bertz CT molecular complexity index is 1040. The lowest BCUT2D eigenvalue weighted by Crippen LogP contribution is -2.63. The summed E-state index contributed by atoms with van der Waals surface area (Å²) in [7, 11) is -1.81. The van der Waals surface area contributed by atoms with Crippen LogP contribution in [0.1, 0.15) is 32.1 Å². The van der Waals surface area contributed by atoms with Crippen molar-refractivity contribution >= 4 is 15.9 Å². The monoisotopic (exact) mass is 414 g/mol. The standard InChI is InChI=1S/C21H26N4O3S/c1-3-20(26)23-17-9-13-25(21(15-17)10-5-11-21)29(27,28)18-7-4-6-16(14-18)19-8-12-22-24(19)2/h3-4,6-8,12,14,17H,1,5,9-11,13,15H2,2H3,(H,23,26). The third-order valence-corrected chi connectivity index (χ3v) is 8.19. The van der Waals surface area contributed by atoms with Crippen molar-refractivity contribution in [3.63, 3.8) is 0 Å². The van der Waals surface area contributed by atoms with Gasteiger partial charge < -0.3 is 5.32 Å². The predicted octanol–water partition coefficient (Wildman–Crippen LogP) is 2.47. The Kier molecular flexibility index (Phi) is 5.08. The van der Waals surface area contributed by atoms with Crippen LogP contribution in [0.15, 0.2) is 54.1 Å². The number of hydrogen-bond donors (Lipinski definition) is 1. The average Bonchev–Trinajstić information content (AvgIpc) is 3.12. The molecule has 1 aromatic heterocycles. The van der Waals surface area contributed by atoms with Gasteiger partial charge in [-0.05, 0) is 56.4 Å². The lowest BCUT2D eigenvalue weighted by Gasteiger charge is -2.54. The van der Waals surface area contributed by atoms with Gasteiger partial charge in [0.05, 0.1) is 10.6 Å². The number of carbonyl (C=O) groups is 1. The number of nitrogens with zero attached hydrogens (tertiary/aromatic N) is 3. The number of amides is 1. The molecule has 2 heterocycles. The molecule has 1 aliphatic heterocycles. The first-order chi connectivity index (χ1) is 13.9. The Balaban J connectivity index is 1.63. The van der Waals surface area contributed by atoms with Gasteiger partial charge in [-0.2, -0.15) is 9.40 Å². The van der Waals surface area contributed by atoms with Crippen molar-refractivity contribution in [2.45, 2.75) is 48.6 Å². The molecular weight excluding hydrogens is 388 g/mol. The highest BCUT2D eigenvalue weighted by Crippen LogP contribution is 2.47. The van der Waals surface area contributed by atoms with E-state index in [0.717, 1.165) is 30.5 Å². The van der Waals surface area contributed by atoms with Crippen molar-refractivity contribution in [1.82, 2.24) is 19.4 Å². The van der Waals surface area contributed by atoms with Gasteiger partial charge in [-0.1, -0.05) is 18.7 Å². The number of sulfonamides is 1. The van der Waals surface area contributed by atoms with Crippen LogP contribution in [0.4, 0.5) is 0 Å². The van der Waals surface area contributed by atoms with Crippen LogP contribution in [-0.4, -0.2) is 46.5 Å². The van der Waals surface area contributed by atoms with E-state index in [0.29, 0.717) is 24.3 Å². The number of piperidine rings is 1. The molecule has 2 aliphatic rings. The number of benzene rings is 1. The molecule has 2 fully saturated rings. The fourth-order valence-electron chi connectivity index (χ4n) is 4.57. The van der Waals surface area contributed by atoms with E-state index < -0.39 is 15.6 Å². The van der Waals surface area contributed by atoms with E-state index in [-0.39, 0.29) is 11.9 Å². The Hall–Kier alpha value is -2.45. The molecule has 1 spiro atoms. The first kappa shape index (κ1) is 19.8. The van der Waals surface area contributed by atoms with Gasteiger partial charge in [-0.25, -0.2) is 8.42 Å². The summed E-state index contributed by atoms with van der Waals surface area (Å²) in [4.78, 5) is 12.0. The number of hydrogen-bond acceptors (Lipinski definition) is 4. The van der Waals surface area contributed by atoms with Crippen LogP contribution in [-0.2, 0) is 21.9 Å². The second-order valence-corrected chi connectivity index (χ2v) is 9.79. The maximum absolute atomic E-state index is 13.6. The van der Waals surface area contributed by atoms with E-state index in [1.807, 2.05) is 19.2 Å². The Morgan fingerprint density at radius 1 is 1.34 bits per heavy atom. The van der Waals surface area contributed by atoms with Crippen molar-refractivity contribution in [3.8, 4) is 11.3 Å². The van der Waals surface area contributed by atoms with E-state index in [4.69, 9.17) is 0 Å². The molecule has 4 rings (SSSR count). The molecule has 0 bridgehead atoms. The molecule has 1 unspecified atom stereocenters. The molecule has 8 heteroatoms. The minimum absolute atomic E-state index is 0.0203. The fraction of sp³-hybridized carbons (Fsp3) is 0.429. The zero-order valence-corrected chi connectivity index (χ0v) is 17.4. The van der Waals surface area contributed by atoms with Crippen LogP contribution in [0.3, 0.4) is 0 Å². The van der Waals surface area contributed by atoms with Gasteiger partial charge in [0.1, 0.15) is 0 Å². The second-order valence-electron chi connectivity index (χ2n) is 7.93. The smallest absolute Gasteiger partial charge is 0.243 e. The van der Waals surface area contributed by atoms with Crippen LogP contribution in [0.25, 0.3) is 11.3 Å². The summed E-state index contributed by atoms with van der Waals surface area (Å²) in [6, 6.07) is 8.91. The highest BCUT2D eigenvalue weighted by molar-refractivity contribution is 7.89. The molecule has 1 N–H and O–H groups in total. The number of nitrogens with one attached hydrogen (secondary N) is 1. The Morgan fingerprint density at radius 3 is 2.76 bits per heavy atom. The topological polar surface area (TPSA) is 84.3 Å². The van der Waals surface area contributed by atoms with E-state index in [9.17, 15) is 13.2 Å². The summed E-state index contributed by atoms with van der Waals surface area (Å²) in [6.45, 7) is 3.90. The molecule has 1 saturated heterocycles. The van der Waals surface area contributed by atoms with Gasteiger partial charge in [-0.3, -0.25) is 9.48 Å². The van der Waals surface area contributed by atoms with Crippen molar-refractivity contribution in [2.24, 2.45) is 7.05 Å². The van der Waals surface area contributed by atoms with Crippen LogP contribution in [0, 0.1) is 0 Å². The molecule has 1 atom stereocenters. The summed E-state index contributed by atoms with van der Waals surface area (Å²) in [5, 5.41) is 7.12. The molecule has 2 aromatic rings. The Morgan fingerprint density at radius 2 is 2.14 bits per heavy atom. The third kappa shape index (κ3) is 3.51. The van der Waals surface area contributed by atoms with Crippen LogP contribution in [0.5, 0.6) is 0 Å². The van der Waals surface area contributed by atoms with Gasteiger partial charge in [0, 0.05) is 36.9 Å². The van der Waals surface area contributed by atoms with Crippen molar-refractivity contribution < 1.29 is 13.2 Å². The SMILES string of the molecule is C=CC(=O)NC1CCN(S(=O)(=O)c2cccc(-c3ccnn3C)c2)C2(CCC2)C1. The number of aromatic nitrogens is 2. The largest absolute Gasteiger partial charge is 0.350 e. The lowest BCUT2D eigenvalue weighted by molar-refractivity contribution is -0.117. The number of aryl methyl sites for hydroxylation is 1. The molecule has 154 valence electrons. The average molecular weight is 415 g/mol. The molecule has 0 radical (unpaired) electrons. The molecule has 1 amide bonds. The normalized spacial score (nSPS) is 21.5. The highest BCUT2D eigenvalue weighted by Gasteiger charge is 2.51. The summed E-state index contributed by atoms with van der Waals surface area (Å²) >= 11 is 0. The molecule has 1 aliphatic carbocycles. The van der Waals surface area contributed by atoms with Crippen LogP contribution >= 0.6 is 0 Å². The van der Waals surface area contributed by atoms with Crippen molar-refractivity contribution in [2.75, 3.05) is 6.54 Å². The maximum atomic E-state index is 13.6. The number of carbonyl (C=O) groups excluding carboxylic acids is 1. The van der Waals surface area contributed by atoms with Gasteiger partial charge >= 0.3 is 0 Å². The molecule has 29 heavy (non-hydrogen) atoms. The minimum atomic E-state index is -3.64. The summed E-state index contributed by atoms with van der Waals surface area (Å²) in [6.07, 6.45) is 6.86. The minimum Gasteiger partial charge on any atom is -0.350 e. The first-order valence-electron chi connectivity index (χ1n) is 9.90. The van der Waals surface area contributed by atoms with Gasteiger partial charge in [0.2, 0.25) is 15.9 Å². The first-order valence-corrected chi connectivity index (χ1v) is 11.3. The number of rotatable bonds is 5. The molecule has 1 saturated carbocycles. The van der Waals surface area contributed by atoms with E-state index in [1.165, 1.54) is 6.08 Å². The maximum Gasteiger partial charge on any atom is 0.243 e. The van der Waals surface area contributed by atoms with Gasteiger partial charge in [0.15, 0.2) is 0 Å². The van der Waals surface area contributed by atoms with E-state index >= 15 is 0 Å². The van der Waals surface area contributed by atoms with Crippen LogP contribution in [0.2, 0.25) is 0 Å². The van der Waals surface area contributed by atoms with Crippen molar-refractivity contribution in [1.29, 1.82) is 0 Å². The van der Waals surface area contributed by atoms with Crippen LogP contribution < -0.4 is 5.32 Å². The quantitative estimate of drug-likeness (QED) is 0.762. The predicted molar refractivity (Wildman–Crippen MR) is 110 cm³/mol. The zero-order chi connectivity index (χ0) is 20.6. The molecule has 7 nitrogen and oxygen atoms in total. The van der Waals surface area contributed by atoms with Crippen molar-refractivity contribution in [3.05, 3.63) is 49.2 Å². The van der Waals surface area contributed by atoms with Gasteiger partial charge in [0.25, 0.3) is 0 Å². The highest BCUT2D eigenvalue weighted by atomic mass is 32.2. The zero-order valence-electron chi connectivity index (χ0n) is 16.5. The summed E-state index contributed by atoms with van der Waals surface area (Å²) in [5.41, 5.74) is 1.28. The summed E-state index contributed by atoms with van der Waals surface area (Å²) in [5.74, 6) is -0.204. The molecular formula is C21H26N4O3S. The molecule has 1 aromatic carbocycles. The lowest BCUT2D eigenvalue weighted by atomic mass is 9.70. The summed E-state index contributed by atoms with van der Waals surface area (Å²) < 4.78 is 30.6. The third-order valence-electron chi connectivity index (χ3n) is 6.19.